The number of piperazine rings is 1. The molecule has 8 heteroatoms. The van der Waals surface area contributed by atoms with Gasteiger partial charge in [0, 0.05) is 18.7 Å². The Balaban J connectivity index is 1.54. The van der Waals surface area contributed by atoms with Crippen LogP contribution in [0.3, 0.4) is 0 Å². The third-order valence-corrected chi connectivity index (χ3v) is 4.87. The number of carbonyl (C=O) groups excluding carboxylic acids is 2. The fraction of sp³-hybridized carbons (Fsp3) is 0.238. The lowest BCUT2D eigenvalue weighted by Crippen LogP contribution is -2.52. The van der Waals surface area contributed by atoms with Gasteiger partial charge in [-0.1, -0.05) is 41.6 Å². The van der Waals surface area contributed by atoms with E-state index in [4.69, 9.17) is 4.52 Å². The lowest BCUT2D eigenvalue weighted by Gasteiger charge is -2.35. The van der Waals surface area contributed by atoms with E-state index < -0.39 is 11.9 Å². The fourth-order valence-corrected chi connectivity index (χ4v) is 3.40. The highest BCUT2D eigenvalue weighted by molar-refractivity contribution is 5.90. The second-order valence-electron chi connectivity index (χ2n) is 6.84. The molecule has 0 spiro atoms. The Morgan fingerprint density at radius 3 is 2.76 bits per heavy atom. The number of rotatable bonds is 4. The highest BCUT2D eigenvalue weighted by Crippen LogP contribution is 2.25. The quantitative estimate of drug-likeness (QED) is 0.734. The van der Waals surface area contributed by atoms with E-state index in [0.29, 0.717) is 24.5 Å². The molecule has 0 aliphatic carbocycles. The Morgan fingerprint density at radius 1 is 1.24 bits per heavy atom. The molecule has 0 saturated carbocycles. The average molecular weight is 394 g/mol. The van der Waals surface area contributed by atoms with E-state index in [-0.39, 0.29) is 24.1 Å². The van der Waals surface area contributed by atoms with Crippen LogP contribution in [-0.2, 0) is 16.0 Å². The summed E-state index contributed by atoms with van der Waals surface area (Å²) in [4.78, 5) is 31.1. The van der Waals surface area contributed by atoms with Crippen molar-refractivity contribution in [2.24, 2.45) is 0 Å². The Bertz CT molecular complexity index is 1050. The second kappa shape index (κ2) is 7.83. The van der Waals surface area contributed by atoms with Gasteiger partial charge in [0.25, 0.3) is 0 Å². The van der Waals surface area contributed by atoms with Crippen molar-refractivity contribution in [3.63, 3.8) is 0 Å². The highest BCUT2D eigenvalue weighted by Gasteiger charge is 2.35. The van der Waals surface area contributed by atoms with Crippen LogP contribution in [-0.4, -0.2) is 39.9 Å². The molecule has 2 heterocycles. The zero-order chi connectivity index (χ0) is 20.4. The third-order valence-electron chi connectivity index (χ3n) is 4.87. The van der Waals surface area contributed by atoms with Gasteiger partial charge >= 0.3 is 0 Å². The van der Waals surface area contributed by atoms with Gasteiger partial charge in [-0.05, 0) is 30.2 Å². The van der Waals surface area contributed by atoms with Gasteiger partial charge in [0.15, 0.2) is 0 Å². The van der Waals surface area contributed by atoms with E-state index in [2.05, 4.69) is 15.5 Å². The third kappa shape index (κ3) is 3.87. The fourth-order valence-electron chi connectivity index (χ4n) is 3.40. The van der Waals surface area contributed by atoms with Gasteiger partial charge in [-0.25, -0.2) is 4.39 Å². The van der Waals surface area contributed by atoms with Gasteiger partial charge in [0.1, 0.15) is 18.3 Å². The molecule has 1 aliphatic rings. The minimum atomic E-state index is -0.824. The van der Waals surface area contributed by atoms with Crippen LogP contribution in [0.4, 0.5) is 4.39 Å². The summed E-state index contributed by atoms with van der Waals surface area (Å²) in [6, 6.07) is 12.3. The Labute approximate surface area is 166 Å². The number of nitrogens with one attached hydrogen (secondary N) is 1. The van der Waals surface area contributed by atoms with Gasteiger partial charge in [-0.3, -0.25) is 9.59 Å². The lowest BCUT2D eigenvalue weighted by molar-refractivity contribution is -0.143. The molecule has 1 aliphatic heterocycles. The maximum Gasteiger partial charge on any atom is 0.247 e. The first-order chi connectivity index (χ1) is 14.0. The molecule has 7 nitrogen and oxygen atoms in total. The van der Waals surface area contributed by atoms with Crippen molar-refractivity contribution >= 4 is 11.8 Å². The maximum absolute atomic E-state index is 13.3. The summed E-state index contributed by atoms with van der Waals surface area (Å²) in [5.41, 5.74) is 2.37. The number of aryl methyl sites for hydroxylation is 1. The predicted octanol–water partition coefficient (Wildman–Crippen LogP) is 2.43. The summed E-state index contributed by atoms with van der Waals surface area (Å²) in [7, 11) is 0. The molecule has 2 aromatic carbocycles. The van der Waals surface area contributed by atoms with Crippen molar-refractivity contribution < 1.29 is 18.5 Å². The molecule has 2 amide bonds. The van der Waals surface area contributed by atoms with Crippen LogP contribution in [0.15, 0.2) is 53.1 Å². The first-order valence-corrected chi connectivity index (χ1v) is 9.24. The monoisotopic (exact) mass is 394 g/mol. The van der Waals surface area contributed by atoms with Crippen molar-refractivity contribution in [3.8, 4) is 11.4 Å². The first kappa shape index (κ1) is 18.8. The van der Waals surface area contributed by atoms with E-state index >= 15 is 0 Å². The van der Waals surface area contributed by atoms with Crippen molar-refractivity contribution in [3.05, 3.63) is 71.4 Å². The maximum atomic E-state index is 13.3. The van der Waals surface area contributed by atoms with Gasteiger partial charge in [-0.15, -0.1) is 0 Å². The molecular formula is C21H19FN4O3. The lowest BCUT2D eigenvalue weighted by atomic mass is 10.0. The highest BCUT2D eigenvalue weighted by atomic mass is 19.1. The van der Waals surface area contributed by atoms with Gasteiger partial charge in [-0.2, -0.15) is 4.98 Å². The number of hydrogen-bond donors (Lipinski definition) is 1. The number of carbonyl (C=O) groups is 2. The van der Waals surface area contributed by atoms with Gasteiger partial charge in [0.05, 0.1) is 0 Å². The Kier molecular flexibility index (Phi) is 5.07. The average Bonchev–Trinajstić information content (AvgIpc) is 3.17. The Morgan fingerprint density at radius 2 is 2.00 bits per heavy atom. The standard InChI is InChI=1S/C21H19FN4O3/c1-13-4-2-3-5-16(13)20-24-17(29-25-20)12-18(27)26-11-10-23-21(28)19(26)14-6-8-15(22)9-7-14/h2-9,19H,10-12H2,1H3,(H,23,28). The van der Waals surface area contributed by atoms with Crippen LogP contribution >= 0.6 is 0 Å². The van der Waals surface area contributed by atoms with Gasteiger partial charge in [0.2, 0.25) is 23.5 Å². The predicted molar refractivity (Wildman–Crippen MR) is 102 cm³/mol. The van der Waals surface area contributed by atoms with E-state index in [0.717, 1.165) is 11.1 Å². The summed E-state index contributed by atoms with van der Waals surface area (Å²) in [6.07, 6.45) is -0.121. The summed E-state index contributed by atoms with van der Waals surface area (Å²) in [6.45, 7) is 2.63. The first-order valence-electron chi connectivity index (χ1n) is 9.24. The molecule has 1 atom stereocenters. The minimum Gasteiger partial charge on any atom is -0.352 e. The van der Waals surface area contributed by atoms with Crippen molar-refractivity contribution in [1.29, 1.82) is 0 Å². The number of hydrogen-bond acceptors (Lipinski definition) is 5. The molecule has 4 rings (SSSR count). The number of benzene rings is 2. The molecular weight excluding hydrogens is 375 g/mol. The molecule has 1 aromatic heterocycles. The van der Waals surface area contributed by atoms with Gasteiger partial charge < -0.3 is 14.7 Å². The molecule has 1 fully saturated rings. The molecule has 3 aromatic rings. The molecule has 0 bridgehead atoms. The number of nitrogens with zero attached hydrogens (tertiary/aromatic N) is 3. The second-order valence-corrected chi connectivity index (χ2v) is 6.84. The van der Waals surface area contributed by atoms with Crippen LogP contribution in [0.25, 0.3) is 11.4 Å². The van der Waals surface area contributed by atoms with Crippen LogP contribution in [0.5, 0.6) is 0 Å². The van der Waals surface area contributed by atoms with Crippen molar-refractivity contribution in [1.82, 2.24) is 20.4 Å². The zero-order valence-corrected chi connectivity index (χ0v) is 15.8. The van der Waals surface area contributed by atoms with Crippen LogP contribution in [0.2, 0.25) is 0 Å². The summed E-state index contributed by atoms with van der Waals surface area (Å²) >= 11 is 0. The van der Waals surface area contributed by atoms with E-state index in [9.17, 15) is 14.0 Å². The van der Waals surface area contributed by atoms with Crippen LogP contribution < -0.4 is 5.32 Å². The molecule has 148 valence electrons. The summed E-state index contributed by atoms with van der Waals surface area (Å²) < 4.78 is 18.5. The zero-order valence-electron chi connectivity index (χ0n) is 15.8. The SMILES string of the molecule is Cc1ccccc1-c1noc(CC(=O)N2CCNC(=O)C2c2ccc(F)cc2)n1. The summed E-state index contributed by atoms with van der Waals surface area (Å²) in [5.74, 6) is -0.427. The largest absolute Gasteiger partial charge is 0.352 e. The molecule has 1 N–H and O–H groups in total. The minimum absolute atomic E-state index is 0.121. The Hall–Kier alpha value is -3.55. The van der Waals surface area contributed by atoms with Crippen molar-refractivity contribution in [2.45, 2.75) is 19.4 Å². The van der Waals surface area contributed by atoms with E-state index in [1.165, 1.54) is 29.2 Å². The summed E-state index contributed by atoms with van der Waals surface area (Å²) in [5, 5.41) is 6.72. The van der Waals surface area contributed by atoms with E-state index in [1.54, 1.807) is 0 Å². The number of halogens is 1. The molecule has 0 radical (unpaired) electrons. The van der Waals surface area contributed by atoms with Crippen LogP contribution in [0.1, 0.15) is 23.1 Å². The topological polar surface area (TPSA) is 88.3 Å². The van der Waals surface area contributed by atoms with E-state index in [1.807, 2.05) is 31.2 Å². The molecule has 1 saturated heterocycles. The molecule has 29 heavy (non-hydrogen) atoms. The smallest absolute Gasteiger partial charge is 0.247 e. The van der Waals surface area contributed by atoms with Crippen LogP contribution in [0, 0.1) is 12.7 Å². The number of amides is 2. The normalized spacial score (nSPS) is 16.6. The number of aromatic nitrogens is 2. The molecule has 1 unspecified atom stereocenters. The van der Waals surface area contributed by atoms with Crippen molar-refractivity contribution in [2.75, 3.05) is 13.1 Å².